The van der Waals surface area contributed by atoms with Crippen LogP contribution in [0.4, 0.5) is 11.5 Å². The van der Waals surface area contributed by atoms with Gasteiger partial charge in [-0.05, 0) is 18.6 Å². The minimum absolute atomic E-state index is 0.0209. The van der Waals surface area contributed by atoms with Crippen molar-refractivity contribution in [3.63, 3.8) is 0 Å². The van der Waals surface area contributed by atoms with Crippen molar-refractivity contribution in [3.8, 4) is 11.8 Å². The number of nitro benzene ring substituents is 1. The molecule has 0 aliphatic carbocycles. The Kier molecular flexibility index (Phi) is 3.05. The minimum atomic E-state index is -0.519. The summed E-state index contributed by atoms with van der Waals surface area (Å²) in [4.78, 5) is 18.0. The van der Waals surface area contributed by atoms with Crippen LogP contribution in [0.3, 0.4) is 0 Å². The molecule has 0 amide bonds. The first-order valence-corrected chi connectivity index (χ1v) is 5.08. The van der Waals surface area contributed by atoms with Crippen LogP contribution < -0.4 is 10.5 Å². The highest BCUT2D eigenvalue weighted by atomic mass is 16.6. The van der Waals surface area contributed by atoms with Gasteiger partial charge >= 0.3 is 11.7 Å². The van der Waals surface area contributed by atoms with Crippen LogP contribution in [0, 0.1) is 17.0 Å². The lowest BCUT2D eigenvalue weighted by Crippen LogP contribution is -1.99. The third-order valence-electron chi connectivity index (χ3n) is 2.24. The van der Waals surface area contributed by atoms with Gasteiger partial charge in [-0.3, -0.25) is 10.1 Å². The second-order valence-electron chi connectivity index (χ2n) is 3.55. The molecule has 2 rings (SSSR count). The van der Waals surface area contributed by atoms with Crippen LogP contribution in [0.2, 0.25) is 0 Å². The van der Waals surface area contributed by atoms with Crippen LogP contribution in [0.1, 0.15) is 5.56 Å². The van der Waals surface area contributed by atoms with E-state index >= 15 is 0 Å². The number of nitrogens with two attached hydrogens (primary N) is 1. The molecule has 0 aliphatic heterocycles. The fraction of sp³-hybridized carbons (Fsp3) is 0.0909. The van der Waals surface area contributed by atoms with Crippen molar-refractivity contribution in [1.82, 2.24) is 9.97 Å². The number of aryl methyl sites for hydroxylation is 1. The zero-order chi connectivity index (χ0) is 13.1. The number of benzene rings is 1. The topological polar surface area (TPSA) is 104 Å². The highest BCUT2D eigenvalue weighted by molar-refractivity contribution is 5.52. The molecule has 1 aromatic heterocycles. The maximum Gasteiger partial charge on any atom is 0.324 e. The summed E-state index contributed by atoms with van der Waals surface area (Å²) < 4.78 is 5.34. The summed E-state index contributed by atoms with van der Waals surface area (Å²) in [6.45, 7) is 1.70. The molecule has 0 spiro atoms. The lowest BCUT2D eigenvalue weighted by Gasteiger charge is -2.07. The van der Waals surface area contributed by atoms with Crippen LogP contribution in [-0.2, 0) is 0 Å². The van der Waals surface area contributed by atoms with Crippen LogP contribution in [0.5, 0.6) is 11.8 Å². The normalized spacial score (nSPS) is 10.1. The lowest BCUT2D eigenvalue weighted by molar-refractivity contribution is -0.385. The van der Waals surface area contributed by atoms with Crippen LogP contribution >= 0.6 is 0 Å². The molecule has 2 aromatic rings. The van der Waals surface area contributed by atoms with E-state index in [4.69, 9.17) is 10.5 Å². The van der Waals surface area contributed by atoms with Gasteiger partial charge < -0.3 is 10.5 Å². The molecule has 0 unspecified atom stereocenters. The second kappa shape index (κ2) is 4.66. The maximum absolute atomic E-state index is 10.9. The van der Waals surface area contributed by atoms with E-state index in [2.05, 4.69) is 9.97 Å². The molecule has 2 N–H and O–H groups in total. The lowest BCUT2D eigenvalue weighted by atomic mass is 10.2. The van der Waals surface area contributed by atoms with Crippen LogP contribution in [0.15, 0.2) is 30.5 Å². The molecule has 0 atom stereocenters. The number of rotatable bonds is 3. The Morgan fingerprint density at radius 1 is 1.39 bits per heavy atom. The monoisotopic (exact) mass is 246 g/mol. The van der Waals surface area contributed by atoms with Gasteiger partial charge in [0.2, 0.25) is 5.75 Å². The molecule has 0 fully saturated rings. The number of para-hydroxylation sites is 1. The first-order valence-electron chi connectivity index (χ1n) is 5.08. The standard InChI is InChI=1S/C11H10N4O3/c1-7-3-2-4-8(15(16)17)10(7)18-11-13-6-5-9(12)14-11/h2-6H,1H3,(H2,12,13,14). The molecule has 0 radical (unpaired) electrons. The quantitative estimate of drug-likeness (QED) is 0.656. The molecular formula is C11H10N4O3. The van der Waals surface area contributed by atoms with Gasteiger partial charge in [0, 0.05) is 12.3 Å². The summed E-state index contributed by atoms with van der Waals surface area (Å²) in [5.74, 6) is 0.351. The van der Waals surface area contributed by atoms with E-state index in [1.807, 2.05) is 0 Å². The Balaban J connectivity index is 2.42. The molecule has 1 aromatic carbocycles. The average molecular weight is 246 g/mol. The Bertz CT molecular complexity index is 601. The van der Waals surface area contributed by atoms with E-state index in [1.165, 1.54) is 18.3 Å². The van der Waals surface area contributed by atoms with Gasteiger partial charge in [-0.15, -0.1) is 0 Å². The number of ether oxygens (including phenoxy) is 1. The number of hydrogen-bond acceptors (Lipinski definition) is 6. The number of nitrogen functional groups attached to an aromatic ring is 1. The summed E-state index contributed by atoms with van der Waals surface area (Å²) in [7, 11) is 0. The second-order valence-corrected chi connectivity index (χ2v) is 3.55. The predicted molar refractivity (Wildman–Crippen MR) is 64.4 cm³/mol. The van der Waals surface area contributed by atoms with Crippen molar-refractivity contribution in [2.75, 3.05) is 5.73 Å². The Hall–Kier alpha value is -2.70. The number of nitrogens with zero attached hydrogens (tertiary/aromatic N) is 3. The maximum atomic E-state index is 10.9. The molecular weight excluding hydrogens is 236 g/mol. The smallest absolute Gasteiger partial charge is 0.324 e. The Morgan fingerprint density at radius 3 is 2.83 bits per heavy atom. The SMILES string of the molecule is Cc1cccc([N+](=O)[O-])c1Oc1nccc(N)n1. The average Bonchev–Trinajstić information content (AvgIpc) is 2.31. The minimum Gasteiger partial charge on any atom is -0.417 e. The number of anilines is 1. The predicted octanol–water partition coefficient (Wildman–Crippen LogP) is 2.07. The molecule has 18 heavy (non-hydrogen) atoms. The zero-order valence-electron chi connectivity index (χ0n) is 9.53. The van der Waals surface area contributed by atoms with Crippen LogP contribution in [-0.4, -0.2) is 14.9 Å². The van der Waals surface area contributed by atoms with Crippen molar-refractivity contribution in [2.45, 2.75) is 6.92 Å². The van der Waals surface area contributed by atoms with E-state index in [0.717, 1.165) is 0 Å². The summed E-state index contributed by atoms with van der Waals surface area (Å²) in [6.07, 6.45) is 1.42. The molecule has 7 heteroatoms. The van der Waals surface area contributed by atoms with Gasteiger partial charge in [0.25, 0.3) is 0 Å². The number of nitro groups is 1. The fourth-order valence-electron chi connectivity index (χ4n) is 1.41. The van der Waals surface area contributed by atoms with E-state index < -0.39 is 4.92 Å². The van der Waals surface area contributed by atoms with Gasteiger partial charge in [-0.1, -0.05) is 12.1 Å². The summed E-state index contributed by atoms with van der Waals surface area (Å²) in [5, 5.41) is 10.9. The summed E-state index contributed by atoms with van der Waals surface area (Å²) >= 11 is 0. The van der Waals surface area contributed by atoms with Gasteiger partial charge in [0.15, 0.2) is 0 Å². The van der Waals surface area contributed by atoms with Gasteiger partial charge in [-0.25, -0.2) is 4.98 Å². The fourth-order valence-corrected chi connectivity index (χ4v) is 1.41. The highest BCUT2D eigenvalue weighted by Gasteiger charge is 2.18. The molecule has 0 saturated heterocycles. The van der Waals surface area contributed by atoms with Crippen LogP contribution in [0.25, 0.3) is 0 Å². The van der Waals surface area contributed by atoms with E-state index in [0.29, 0.717) is 5.56 Å². The third-order valence-corrected chi connectivity index (χ3v) is 2.24. The first kappa shape index (κ1) is 11.8. The molecule has 0 aliphatic rings. The largest absolute Gasteiger partial charge is 0.417 e. The highest BCUT2D eigenvalue weighted by Crippen LogP contribution is 2.32. The number of hydrogen-bond donors (Lipinski definition) is 1. The summed E-state index contributed by atoms with van der Waals surface area (Å²) in [6, 6.07) is 6.12. The van der Waals surface area contributed by atoms with Gasteiger partial charge in [0.1, 0.15) is 5.82 Å². The molecule has 1 heterocycles. The van der Waals surface area contributed by atoms with Crippen molar-refractivity contribution < 1.29 is 9.66 Å². The number of aromatic nitrogens is 2. The van der Waals surface area contributed by atoms with E-state index in [-0.39, 0.29) is 23.3 Å². The Labute approximate surface area is 102 Å². The van der Waals surface area contributed by atoms with Crippen molar-refractivity contribution in [1.29, 1.82) is 0 Å². The van der Waals surface area contributed by atoms with Crippen molar-refractivity contribution in [2.24, 2.45) is 0 Å². The zero-order valence-corrected chi connectivity index (χ0v) is 9.53. The van der Waals surface area contributed by atoms with E-state index in [9.17, 15) is 10.1 Å². The van der Waals surface area contributed by atoms with Gasteiger partial charge in [0.05, 0.1) is 4.92 Å². The molecule has 0 bridgehead atoms. The molecule has 7 nitrogen and oxygen atoms in total. The molecule has 92 valence electrons. The Morgan fingerprint density at radius 2 is 2.17 bits per heavy atom. The molecule has 0 saturated carbocycles. The third kappa shape index (κ3) is 2.34. The first-order chi connectivity index (χ1) is 8.58. The summed E-state index contributed by atoms with van der Waals surface area (Å²) in [5.41, 5.74) is 5.97. The van der Waals surface area contributed by atoms with Crippen molar-refractivity contribution >= 4 is 11.5 Å². The van der Waals surface area contributed by atoms with Gasteiger partial charge in [-0.2, -0.15) is 4.98 Å². The van der Waals surface area contributed by atoms with Crippen molar-refractivity contribution in [3.05, 3.63) is 46.1 Å². The van der Waals surface area contributed by atoms with E-state index in [1.54, 1.807) is 19.1 Å².